The molecule has 1 aliphatic heterocycles. The average molecular weight is 445 g/mol. The summed E-state index contributed by atoms with van der Waals surface area (Å²) in [5.74, 6) is 0.857. The van der Waals surface area contributed by atoms with Gasteiger partial charge in [-0.1, -0.05) is 66.9 Å². The fraction of sp³-hybridized carbons (Fsp3) is 0.417. The molecule has 160 valence electrons. The van der Waals surface area contributed by atoms with Gasteiger partial charge >= 0.3 is 0 Å². The summed E-state index contributed by atoms with van der Waals surface area (Å²) in [6.07, 6.45) is 5.85. The first-order valence-electron chi connectivity index (χ1n) is 10.6. The zero-order valence-corrected chi connectivity index (χ0v) is 18.8. The monoisotopic (exact) mass is 444 g/mol. The molecule has 1 heterocycles. The molecule has 0 radical (unpaired) electrons. The first-order valence-corrected chi connectivity index (χ1v) is 12.0. The topological polar surface area (TPSA) is 49.4 Å². The second-order valence-electron chi connectivity index (χ2n) is 7.62. The minimum absolute atomic E-state index is 0.0627. The Labute approximate surface area is 188 Å². The van der Waals surface area contributed by atoms with Gasteiger partial charge in [-0.25, -0.2) is 0 Å². The molecule has 2 amide bonds. The Kier molecular flexibility index (Phi) is 9.09. The number of nitrogens with one attached hydrogen (secondary N) is 1. The summed E-state index contributed by atoms with van der Waals surface area (Å²) in [6, 6.07) is 18.2. The lowest BCUT2D eigenvalue weighted by Crippen LogP contribution is -2.54. The van der Waals surface area contributed by atoms with E-state index in [1.807, 2.05) is 36.4 Å². The molecule has 0 bridgehead atoms. The van der Waals surface area contributed by atoms with Crippen molar-refractivity contribution in [2.75, 3.05) is 13.1 Å². The van der Waals surface area contributed by atoms with Crippen LogP contribution in [0.15, 0.2) is 54.6 Å². The molecule has 2 aromatic carbocycles. The SMILES string of the molecule is O=C(CN1C(=O)CC1SCc1ccccc1)NCCCCCCc1cccc(Cl)c1. The second-order valence-corrected chi connectivity index (χ2v) is 9.22. The molecule has 2 aromatic rings. The minimum Gasteiger partial charge on any atom is -0.355 e. The molecular formula is C24H29ClN2O2S. The molecule has 0 spiro atoms. The van der Waals surface area contributed by atoms with Crippen molar-refractivity contribution in [3.05, 3.63) is 70.7 Å². The number of β-lactam (4-membered cyclic amide) rings is 1. The van der Waals surface area contributed by atoms with Crippen LogP contribution < -0.4 is 5.32 Å². The summed E-state index contributed by atoms with van der Waals surface area (Å²) in [6.45, 7) is 0.833. The molecule has 6 heteroatoms. The van der Waals surface area contributed by atoms with E-state index in [-0.39, 0.29) is 23.7 Å². The molecular weight excluding hydrogens is 416 g/mol. The number of rotatable bonds is 12. The standard InChI is InChI=1S/C24H29ClN2O2S/c25-21-13-8-12-19(15-21)9-4-1-2-7-14-26-22(28)17-27-23(29)16-24(27)30-18-20-10-5-3-6-11-20/h3,5-6,8,10-13,15,24H,1-2,4,7,9,14,16-18H2,(H,26,28). The fourth-order valence-corrected chi connectivity index (χ4v) is 4.89. The summed E-state index contributed by atoms with van der Waals surface area (Å²) in [5.41, 5.74) is 2.51. The molecule has 0 aromatic heterocycles. The third-order valence-corrected chi connectivity index (χ3v) is 6.76. The Bertz CT molecular complexity index is 831. The van der Waals surface area contributed by atoms with Crippen molar-refractivity contribution in [3.63, 3.8) is 0 Å². The summed E-state index contributed by atoms with van der Waals surface area (Å²) >= 11 is 7.73. The lowest BCUT2D eigenvalue weighted by Gasteiger charge is -2.39. The fourth-order valence-electron chi connectivity index (χ4n) is 3.47. The maximum absolute atomic E-state index is 12.2. The number of hydrogen-bond donors (Lipinski definition) is 1. The number of carbonyl (C=O) groups excluding carboxylic acids is 2. The molecule has 0 aliphatic carbocycles. The third-order valence-electron chi connectivity index (χ3n) is 5.22. The van der Waals surface area contributed by atoms with Crippen LogP contribution in [0.5, 0.6) is 0 Å². The van der Waals surface area contributed by atoms with Crippen molar-refractivity contribution >= 4 is 35.2 Å². The molecule has 1 fully saturated rings. The smallest absolute Gasteiger partial charge is 0.239 e. The van der Waals surface area contributed by atoms with Gasteiger partial charge in [-0.05, 0) is 42.5 Å². The number of unbranched alkanes of at least 4 members (excludes halogenated alkanes) is 3. The van der Waals surface area contributed by atoms with E-state index in [0.717, 1.165) is 42.9 Å². The van der Waals surface area contributed by atoms with Gasteiger partial charge in [0, 0.05) is 17.3 Å². The van der Waals surface area contributed by atoms with Crippen molar-refractivity contribution in [3.8, 4) is 0 Å². The number of likely N-dealkylation sites (tertiary alicyclic amines) is 1. The summed E-state index contributed by atoms with van der Waals surface area (Å²) in [5, 5.41) is 3.85. The molecule has 30 heavy (non-hydrogen) atoms. The van der Waals surface area contributed by atoms with Crippen LogP contribution in [0, 0.1) is 0 Å². The van der Waals surface area contributed by atoms with E-state index < -0.39 is 0 Å². The van der Waals surface area contributed by atoms with E-state index in [4.69, 9.17) is 11.6 Å². The molecule has 1 atom stereocenters. The van der Waals surface area contributed by atoms with Gasteiger partial charge in [-0.2, -0.15) is 0 Å². The average Bonchev–Trinajstić information content (AvgIpc) is 2.75. The molecule has 1 saturated heterocycles. The molecule has 1 unspecified atom stereocenters. The highest BCUT2D eigenvalue weighted by atomic mass is 35.5. The van der Waals surface area contributed by atoms with E-state index in [1.54, 1.807) is 16.7 Å². The highest BCUT2D eigenvalue weighted by Gasteiger charge is 2.37. The Balaban J connectivity index is 1.24. The van der Waals surface area contributed by atoms with E-state index in [0.29, 0.717) is 13.0 Å². The molecule has 1 N–H and O–H groups in total. The number of nitrogens with zero attached hydrogens (tertiary/aromatic N) is 1. The van der Waals surface area contributed by atoms with Crippen LogP contribution in [0.25, 0.3) is 0 Å². The van der Waals surface area contributed by atoms with Gasteiger partial charge in [0.1, 0.15) is 6.54 Å². The van der Waals surface area contributed by atoms with Crippen LogP contribution in [-0.4, -0.2) is 35.2 Å². The Morgan fingerprint density at radius 1 is 1.03 bits per heavy atom. The van der Waals surface area contributed by atoms with E-state index in [1.165, 1.54) is 11.1 Å². The molecule has 1 aliphatic rings. The van der Waals surface area contributed by atoms with E-state index in [9.17, 15) is 9.59 Å². The van der Waals surface area contributed by atoms with E-state index >= 15 is 0 Å². The Hall–Kier alpha value is -1.98. The Morgan fingerprint density at radius 3 is 2.57 bits per heavy atom. The zero-order chi connectivity index (χ0) is 21.2. The number of carbonyl (C=O) groups is 2. The quantitative estimate of drug-likeness (QED) is 0.368. The van der Waals surface area contributed by atoms with E-state index in [2.05, 4.69) is 23.5 Å². The third kappa shape index (κ3) is 7.37. The van der Waals surface area contributed by atoms with Gasteiger partial charge in [0.15, 0.2) is 0 Å². The number of hydrogen-bond acceptors (Lipinski definition) is 3. The largest absolute Gasteiger partial charge is 0.355 e. The van der Waals surface area contributed by atoms with Crippen LogP contribution in [0.1, 0.15) is 43.2 Å². The maximum Gasteiger partial charge on any atom is 0.239 e. The number of benzene rings is 2. The van der Waals surface area contributed by atoms with Crippen LogP contribution >= 0.6 is 23.4 Å². The van der Waals surface area contributed by atoms with Crippen LogP contribution in [0.2, 0.25) is 5.02 Å². The van der Waals surface area contributed by atoms with Crippen molar-refractivity contribution in [2.24, 2.45) is 0 Å². The number of thioether (sulfide) groups is 1. The van der Waals surface area contributed by atoms with Gasteiger partial charge in [-0.15, -0.1) is 11.8 Å². The highest BCUT2D eigenvalue weighted by molar-refractivity contribution is 7.99. The lowest BCUT2D eigenvalue weighted by atomic mass is 10.1. The Morgan fingerprint density at radius 2 is 1.80 bits per heavy atom. The van der Waals surface area contributed by atoms with Crippen molar-refractivity contribution in [2.45, 2.75) is 49.7 Å². The first-order chi connectivity index (χ1) is 14.6. The first kappa shape index (κ1) is 22.7. The summed E-state index contributed by atoms with van der Waals surface area (Å²) < 4.78 is 0. The van der Waals surface area contributed by atoms with Gasteiger partial charge in [0.25, 0.3) is 0 Å². The number of amides is 2. The predicted molar refractivity (Wildman–Crippen MR) is 124 cm³/mol. The minimum atomic E-state index is -0.0627. The van der Waals surface area contributed by atoms with Gasteiger partial charge in [0.05, 0.1) is 11.8 Å². The van der Waals surface area contributed by atoms with Crippen LogP contribution in [-0.2, 0) is 21.8 Å². The van der Waals surface area contributed by atoms with Gasteiger partial charge in [0.2, 0.25) is 11.8 Å². The number of halogens is 1. The van der Waals surface area contributed by atoms with Crippen LogP contribution in [0.3, 0.4) is 0 Å². The van der Waals surface area contributed by atoms with Crippen molar-refractivity contribution < 1.29 is 9.59 Å². The van der Waals surface area contributed by atoms with Gasteiger partial charge in [-0.3, -0.25) is 9.59 Å². The normalized spacial score (nSPS) is 15.7. The number of aryl methyl sites for hydroxylation is 1. The highest BCUT2D eigenvalue weighted by Crippen LogP contribution is 2.31. The molecule has 0 saturated carbocycles. The molecule has 4 nitrogen and oxygen atoms in total. The lowest BCUT2D eigenvalue weighted by molar-refractivity contribution is -0.145. The molecule has 3 rings (SSSR count). The van der Waals surface area contributed by atoms with Crippen molar-refractivity contribution in [1.29, 1.82) is 0 Å². The summed E-state index contributed by atoms with van der Waals surface area (Å²) in [7, 11) is 0. The van der Waals surface area contributed by atoms with Crippen LogP contribution in [0.4, 0.5) is 0 Å². The predicted octanol–water partition coefficient (Wildman–Crippen LogP) is 5.05. The maximum atomic E-state index is 12.2. The van der Waals surface area contributed by atoms with Crippen molar-refractivity contribution in [1.82, 2.24) is 10.2 Å². The zero-order valence-electron chi connectivity index (χ0n) is 17.2. The van der Waals surface area contributed by atoms with Gasteiger partial charge < -0.3 is 10.2 Å². The summed E-state index contributed by atoms with van der Waals surface area (Å²) in [4.78, 5) is 25.8. The second kappa shape index (κ2) is 12.0.